The summed E-state index contributed by atoms with van der Waals surface area (Å²) in [5.41, 5.74) is 9.10. The van der Waals surface area contributed by atoms with Crippen LogP contribution in [-0.4, -0.2) is 53.2 Å². The molecule has 4 N–H and O–H groups in total. The molecule has 0 bridgehead atoms. The molecule has 1 atom stereocenters. The molecule has 2 heterocycles. The van der Waals surface area contributed by atoms with Gasteiger partial charge in [-0.25, -0.2) is 0 Å². The van der Waals surface area contributed by atoms with Gasteiger partial charge in [0.1, 0.15) is 0 Å². The van der Waals surface area contributed by atoms with E-state index in [9.17, 15) is 9.59 Å². The van der Waals surface area contributed by atoms with Crippen LogP contribution in [0.25, 0.3) is 0 Å². The number of rotatable bonds is 5. The van der Waals surface area contributed by atoms with Crippen molar-refractivity contribution in [2.75, 3.05) is 31.6 Å². The number of hydrogen-bond donors (Lipinski definition) is 3. The first-order chi connectivity index (χ1) is 14.1. The molecule has 1 saturated heterocycles. The fourth-order valence-corrected chi connectivity index (χ4v) is 3.58. The highest BCUT2D eigenvalue weighted by molar-refractivity contribution is 5.95. The number of carbonyl (C=O) groups excluding carboxylic acids is 2. The average Bonchev–Trinajstić information content (AvgIpc) is 3.25. The number of carbonyl (C=O) groups is 2. The Bertz CT molecular complexity index is 955. The fourth-order valence-electron chi connectivity index (χ4n) is 3.58. The van der Waals surface area contributed by atoms with E-state index < -0.39 is 5.91 Å². The van der Waals surface area contributed by atoms with E-state index in [4.69, 9.17) is 10.5 Å². The summed E-state index contributed by atoms with van der Waals surface area (Å²) in [7, 11) is 0. The second-order valence-electron chi connectivity index (χ2n) is 7.06. The molecule has 150 valence electrons. The summed E-state index contributed by atoms with van der Waals surface area (Å²) < 4.78 is 5.30. The maximum Gasteiger partial charge on any atom is 0.254 e. The summed E-state index contributed by atoms with van der Waals surface area (Å²) in [4.78, 5) is 25.9. The van der Waals surface area contributed by atoms with Crippen molar-refractivity contribution in [2.24, 2.45) is 5.73 Å². The van der Waals surface area contributed by atoms with Gasteiger partial charge in [-0.05, 0) is 36.8 Å². The number of amides is 2. The maximum absolute atomic E-state index is 12.5. The van der Waals surface area contributed by atoms with Gasteiger partial charge >= 0.3 is 0 Å². The predicted molar refractivity (Wildman–Crippen MR) is 108 cm³/mol. The Morgan fingerprint density at radius 1 is 1.21 bits per heavy atom. The quantitative estimate of drug-likeness (QED) is 0.719. The lowest BCUT2D eigenvalue weighted by Gasteiger charge is -2.27. The summed E-state index contributed by atoms with van der Waals surface area (Å²) in [6.45, 7) is 2.42. The van der Waals surface area contributed by atoms with Crippen LogP contribution in [0.3, 0.4) is 0 Å². The third-order valence-electron chi connectivity index (χ3n) is 5.12. The number of nitrogens with one attached hydrogen (secondary N) is 2. The smallest absolute Gasteiger partial charge is 0.254 e. The minimum atomic E-state index is -0.494. The van der Waals surface area contributed by atoms with Crippen LogP contribution in [0.2, 0.25) is 0 Å². The second kappa shape index (κ2) is 8.32. The number of anilines is 1. The van der Waals surface area contributed by atoms with Crippen molar-refractivity contribution in [3.63, 3.8) is 0 Å². The standard InChI is InChI=1S/C21H23N5O3/c22-20(27)18-13-23-25-19(18)15-2-1-3-17(12-15)24-16-6-4-14(5-7-16)21(28)26-8-10-29-11-9-26/h1-7,13,15,24H,8-12H2,(H2,22,27)(H,23,25). The van der Waals surface area contributed by atoms with E-state index in [2.05, 4.69) is 15.5 Å². The molecule has 29 heavy (non-hydrogen) atoms. The Kier molecular flexibility index (Phi) is 5.44. The number of H-pyrrole nitrogens is 1. The molecule has 0 saturated carbocycles. The number of benzene rings is 1. The topological polar surface area (TPSA) is 113 Å². The van der Waals surface area contributed by atoms with Crippen LogP contribution >= 0.6 is 0 Å². The molecule has 2 aromatic rings. The predicted octanol–water partition coefficient (Wildman–Crippen LogP) is 2.02. The van der Waals surface area contributed by atoms with Crippen molar-refractivity contribution >= 4 is 17.5 Å². The molecule has 1 fully saturated rings. The van der Waals surface area contributed by atoms with Gasteiger partial charge in [0.15, 0.2) is 0 Å². The zero-order chi connectivity index (χ0) is 20.2. The van der Waals surface area contributed by atoms with E-state index in [0.717, 1.165) is 11.4 Å². The van der Waals surface area contributed by atoms with E-state index in [-0.39, 0.29) is 11.8 Å². The van der Waals surface area contributed by atoms with Gasteiger partial charge in [0.2, 0.25) is 0 Å². The SMILES string of the molecule is NC(=O)c1cn[nH]c1C1C=CC=C(Nc2ccc(C(=O)N3CCOCC3)cc2)C1. The number of aromatic amines is 1. The first-order valence-electron chi connectivity index (χ1n) is 9.56. The van der Waals surface area contributed by atoms with Crippen LogP contribution in [0.15, 0.2) is 54.4 Å². The average molecular weight is 393 g/mol. The number of nitrogens with two attached hydrogens (primary N) is 1. The molecule has 8 nitrogen and oxygen atoms in total. The Morgan fingerprint density at radius 3 is 2.69 bits per heavy atom. The first kappa shape index (κ1) is 18.9. The van der Waals surface area contributed by atoms with Crippen LogP contribution in [-0.2, 0) is 4.74 Å². The number of hydrogen-bond acceptors (Lipinski definition) is 5. The van der Waals surface area contributed by atoms with Crippen LogP contribution in [0, 0.1) is 0 Å². The molecule has 1 unspecified atom stereocenters. The van der Waals surface area contributed by atoms with Gasteiger partial charge in [-0.1, -0.05) is 12.2 Å². The summed E-state index contributed by atoms with van der Waals surface area (Å²) in [5, 5.41) is 10.2. The summed E-state index contributed by atoms with van der Waals surface area (Å²) in [6.07, 6.45) is 8.08. The van der Waals surface area contributed by atoms with Crippen LogP contribution < -0.4 is 11.1 Å². The first-order valence-corrected chi connectivity index (χ1v) is 9.56. The molecule has 2 aliphatic rings. The molecular weight excluding hydrogens is 370 g/mol. The molecular formula is C21H23N5O3. The highest BCUT2D eigenvalue weighted by Crippen LogP contribution is 2.30. The normalized spacial score (nSPS) is 19.0. The third-order valence-corrected chi connectivity index (χ3v) is 5.12. The molecule has 1 aromatic carbocycles. The van der Waals surface area contributed by atoms with Crippen molar-refractivity contribution in [2.45, 2.75) is 12.3 Å². The lowest BCUT2D eigenvalue weighted by molar-refractivity contribution is 0.0303. The van der Waals surface area contributed by atoms with Crippen molar-refractivity contribution in [3.05, 3.63) is 71.2 Å². The fraction of sp³-hybridized carbons (Fsp3) is 0.286. The van der Waals surface area contributed by atoms with Crippen LogP contribution in [0.5, 0.6) is 0 Å². The number of morpholine rings is 1. The van der Waals surface area contributed by atoms with Gasteiger partial charge in [0.25, 0.3) is 11.8 Å². The van der Waals surface area contributed by atoms with Gasteiger partial charge < -0.3 is 20.7 Å². The van der Waals surface area contributed by atoms with Crippen LogP contribution in [0.4, 0.5) is 5.69 Å². The van der Waals surface area contributed by atoms with Crippen molar-refractivity contribution in [1.82, 2.24) is 15.1 Å². The van der Waals surface area contributed by atoms with Gasteiger partial charge in [-0.15, -0.1) is 0 Å². The molecule has 1 aliphatic heterocycles. The van der Waals surface area contributed by atoms with E-state index in [0.29, 0.717) is 49.5 Å². The van der Waals surface area contributed by atoms with Gasteiger partial charge in [-0.2, -0.15) is 5.10 Å². The van der Waals surface area contributed by atoms with Crippen molar-refractivity contribution in [1.29, 1.82) is 0 Å². The third kappa shape index (κ3) is 4.22. The molecule has 0 spiro atoms. The Hall–Kier alpha value is -3.39. The Balaban J connectivity index is 1.41. The molecule has 2 amide bonds. The summed E-state index contributed by atoms with van der Waals surface area (Å²) in [5.74, 6) is -0.487. The zero-order valence-electron chi connectivity index (χ0n) is 15.9. The monoisotopic (exact) mass is 393 g/mol. The van der Waals surface area contributed by atoms with Gasteiger partial charge in [0, 0.05) is 36.0 Å². The largest absolute Gasteiger partial charge is 0.378 e. The number of nitrogens with zero attached hydrogens (tertiary/aromatic N) is 2. The Morgan fingerprint density at radius 2 is 1.97 bits per heavy atom. The minimum Gasteiger partial charge on any atom is -0.378 e. The summed E-state index contributed by atoms with van der Waals surface area (Å²) in [6, 6.07) is 7.45. The second-order valence-corrected chi connectivity index (χ2v) is 7.06. The van der Waals surface area contributed by atoms with E-state index in [1.165, 1.54) is 6.20 Å². The molecule has 1 aromatic heterocycles. The highest BCUT2D eigenvalue weighted by atomic mass is 16.5. The van der Waals surface area contributed by atoms with E-state index in [1.54, 1.807) is 0 Å². The summed E-state index contributed by atoms with van der Waals surface area (Å²) >= 11 is 0. The van der Waals surface area contributed by atoms with Crippen molar-refractivity contribution < 1.29 is 14.3 Å². The van der Waals surface area contributed by atoms with E-state index in [1.807, 2.05) is 47.4 Å². The van der Waals surface area contributed by atoms with E-state index >= 15 is 0 Å². The maximum atomic E-state index is 12.5. The lowest BCUT2D eigenvalue weighted by atomic mass is 9.92. The zero-order valence-corrected chi connectivity index (χ0v) is 15.9. The number of ether oxygens (including phenoxy) is 1. The number of aromatic nitrogens is 2. The number of primary amides is 1. The van der Waals surface area contributed by atoms with Crippen molar-refractivity contribution in [3.8, 4) is 0 Å². The molecule has 0 radical (unpaired) electrons. The number of allylic oxidation sites excluding steroid dienone is 4. The highest BCUT2D eigenvalue weighted by Gasteiger charge is 2.22. The minimum absolute atomic E-state index is 0.0188. The van der Waals surface area contributed by atoms with Gasteiger partial charge in [0.05, 0.1) is 30.7 Å². The Labute approximate surface area is 168 Å². The lowest BCUT2D eigenvalue weighted by Crippen LogP contribution is -2.40. The molecule has 8 heteroatoms. The van der Waals surface area contributed by atoms with Crippen LogP contribution in [0.1, 0.15) is 38.7 Å². The molecule has 1 aliphatic carbocycles. The molecule has 4 rings (SSSR count). The van der Waals surface area contributed by atoms with Gasteiger partial charge in [-0.3, -0.25) is 14.7 Å².